The SMILES string of the molecule is Cc1nn(C(C)C)c(SCCO)c1N. The van der Waals surface area contributed by atoms with Gasteiger partial charge in [-0.25, -0.2) is 0 Å². The highest BCUT2D eigenvalue weighted by Gasteiger charge is 2.14. The number of aliphatic hydroxyl groups excluding tert-OH is 1. The molecule has 80 valence electrons. The van der Waals surface area contributed by atoms with Crippen molar-refractivity contribution >= 4 is 17.4 Å². The summed E-state index contributed by atoms with van der Waals surface area (Å²) >= 11 is 1.55. The fourth-order valence-corrected chi connectivity index (χ4v) is 2.15. The molecule has 1 heterocycles. The molecule has 0 unspecified atom stereocenters. The normalized spacial score (nSPS) is 11.2. The van der Waals surface area contributed by atoms with Crippen molar-refractivity contribution in [1.29, 1.82) is 0 Å². The van der Waals surface area contributed by atoms with Crippen LogP contribution in [-0.4, -0.2) is 27.2 Å². The minimum atomic E-state index is 0.159. The Hall–Kier alpha value is -0.680. The highest BCUT2D eigenvalue weighted by molar-refractivity contribution is 7.99. The van der Waals surface area contributed by atoms with Crippen molar-refractivity contribution in [3.63, 3.8) is 0 Å². The van der Waals surface area contributed by atoms with Crippen molar-refractivity contribution in [1.82, 2.24) is 9.78 Å². The van der Waals surface area contributed by atoms with Crippen LogP contribution in [0.25, 0.3) is 0 Å². The zero-order valence-electron chi connectivity index (χ0n) is 8.82. The molecule has 0 radical (unpaired) electrons. The second kappa shape index (κ2) is 4.70. The first-order chi connectivity index (χ1) is 6.57. The first-order valence-corrected chi connectivity index (χ1v) is 5.64. The lowest BCUT2D eigenvalue weighted by Gasteiger charge is -2.10. The quantitative estimate of drug-likeness (QED) is 0.746. The Labute approximate surface area is 88.5 Å². The third kappa shape index (κ3) is 2.22. The monoisotopic (exact) mass is 215 g/mol. The molecule has 1 aromatic heterocycles. The zero-order chi connectivity index (χ0) is 10.7. The third-order valence-corrected chi connectivity index (χ3v) is 2.97. The molecule has 0 aliphatic rings. The molecule has 0 saturated heterocycles. The molecular weight excluding hydrogens is 198 g/mol. The Morgan fingerprint density at radius 3 is 2.71 bits per heavy atom. The molecule has 1 aromatic rings. The topological polar surface area (TPSA) is 64.1 Å². The van der Waals surface area contributed by atoms with E-state index in [1.165, 1.54) is 0 Å². The molecule has 0 atom stereocenters. The molecule has 0 amide bonds. The number of nitrogens with two attached hydrogens (primary N) is 1. The summed E-state index contributed by atoms with van der Waals surface area (Å²) in [6.45, 7) is 6.19. The Morgan fingerprint density at radius 2 is 2.21 bits per heavy atom. The molecule has 4 nitrogen and oxygen atoms in total. The maximum atomic E-state index is 8.76. The Morgan fingerprint density at radius 1 is 1.57 bits per heavy atom. The fraction of sp³-hybridized carbons (Fsp3) is 0.667. The van der Waals surface area contributed by atoms with E-state index >= 15 is 0 Å². The summed E-state index contributed by atoms with van der Waals surface area (Å²) in [4.78, 5) is 0. The molecule has 14 heavy (non-hydrogen) atoms. The number of hydrogen-bond donors (Lipinski definition) is 2. The highest BCUT2D eigenvalue weighted by Crippen LogP contribution is 2.29. The van der Waals surface area contributed by atoms with Gasteiger partial charge in [-0.1, -0.05) is 0 Å². The summed E-state index contributed by atoms with van der Waals surface area (Å²) in [6, 6.07) is 0.298. The van der Waals surface area contributed by atoms with Crippen LogP contribution in [0.4, 0.5) is 5.69 Å². The second-order valence-corrected chi connectivity index (χ2v) is 4.50. The van der Waals surface area contributed by atoms with Gasteiger partial charge in [0.1, 0.15) is 5.03 Å². The largest absolute Gasteiger partial charge is 0.396 e. The van der Waals surface area contributed by atoms with Crippen molar-refractivity contribution < 1.29 is 5.11 Å². The van der Waals surface area contributed by atoms with Gasteiger partial charge in [-0.15, -0.1) is 11.8 Å². The standard InChI is InChI=1S/C9H17N3OS/c1-6(2)12-9(14-5-4-13)8(10)7(3)11-12/h6,13H,4-5,10H2,1-3H3. The Bertz CT molecular complexity index is 309. The molecule has 0 aliphatic heterocycles. The number of aryl methyl sites for hydroxylation is 1. The molecule has 0 saturated carbocycles. The smallest absolute Gasteiger partial charge is 0.118 e. The van der Waals surface area contributed by atoms with E-state index in [1.54, 1.807) is 11.8 Å². The molecule has 0 spiro atoms. The van der Waals surface area contributed by atoms with Gasteiger partial charge in [0.2, 0.25) is 0 Å². The van der Waals surface area contributed by atoms with Crippen LogP contribution in [0.5, 0.6) is 0 Å². The maximum absolute atomic E-state index is 8.76. The van der Waals surface area contributed by atoms with Gasteiger partial charge in [-0.2, -0.15) is 5.10 Å². The molecule has 0 aromatic carbocycles. The average Bonchev–Trinajstić information content (AvgIpc) is 2.41. The van der Waals surface area contributed by atoms with E-state index in [9.17, 15) is 0 Å². The summed E-state index contributed by atoms with van der Waals surface area (Å²) < 4.78 is 1.91. The van der Waals surface area contributed by atoms with Crippen LogP contribution in [-0.2, 0) is 0 Å². The van der Waals surface area contributed by atoms with Crippen LogP contribution in [0.3, 0.4) is 0 Å². The average molecular weight is 215 g/mol. The third-order valence-electron chi connectivity index (χ3n) is 1.91. The first kappa shape index (κ1) is 11.4. The summed E-state index contributed by atoms with van der Waals surface area (Å²) in [6.07, 6.45) is 0. The van der Waals surface area contributed by atoms with E-state index in [0.29, 0.717) is 11.8 Å². The van der Waals surface area contributed by atoms with Crippen molar-refractivity contribution in [2.24, 2.45) is 0 Å². The number of anilines is 1. The van der Waals surface area contributed by atoms with Crippen molar-refractivity contribution in [3.05, 3.63) is 5.69 Å². The van der Waals surface area contributed by atoms with Crippen molar-refractivity contribution in [2.75, 3.05) is 18.1 Å². The van der Waals surface area contributed by atoms with Crippen LogP contribution < -0.4 is 5.73 Å². The summed E-state index contributed by atoms with van der Waals surface area (Å²) in [5, 5.41) is 14.1. The van der Waals surface area contributed by atoms with Crippen LogP contribution in [0.1, 0.15) is 25.6 Å². The van der Waals surface area contributed by atoms with Crippen LogP contribution >= 0.6 is 11.8 Å². The predicted octanol–water partition coefficient (Wildman–Crippen LogP) is 1.44. The minimum Gasteiger partial charge on any atom is -0.396 e. The van der Waals surface area contributed by atoms with E-state index < -0.39 is 0 Å². The summed E-state index contributed by atoms with van der Waals surface area (Å²) in [5.41, 5.74) is 7.49. The van der Waals surface area contributed by atoms with E-state index in [4.69, 9.17) is 10.8 Å². The lowest BCUT2D eigenvalue weighted by Crippen LogP contribution is -2.05. The van der Waals surface area contributed by atoms with E-state index in [0.717, 1.165) is 16.4 Å². The van der Waals surface area contributed by atoms with E-state index in [1.807, 2.05) is 11.6 Å². The summed E-state index contributed by atoms with van der Waals surface area (Å²) in [5.74, 6) is 0.655. The van der Waals surface area contributed by atoms with Gasteiger partial charge >= 0.3 is 0 Å². The number of nitrogen functional groups attached to an aromatic ring is 1. The zero-order valence-corrected chi connectivity index (χ0v) is 9.64. The Balaban J connectivity index is 2.97. The van der Waals surface area contributed by atoms with Crippen LogP contribution in [0, 0.1) is 6.92 Å². The van der Waals surface area contributed by atoms with Gasteiger partial charge in [0.05, 0.1) is 18.0 Å². The van der Waals surface area contributed by atoms with Gasteiger partial charge < -0.3 is 10.8 Å². The number of hydrogen-bond acceptors (Lipinski definition) is 4. The number of aliphatic hydroxyl groups is 1. The molecule has 0 aliphatic carbocycles. The lowest BCUT2D eigenvalue weighted by molar-refractivity contribution is 0.322. The number of thioether (sulfide) groups is 1. The summed E-state index contributed by atoms with van der Waals surface area (Å²) in [7, 11) is 0. The van der Waals surface area contributed by atoms with Gasteiger partial charge in [-0.05, 0) is 20.8 Å². The van der Waals surface area contributed by atoms with Crippen LogP contribution in [0.2, 0.25) is 0 Å². The highest BCUT2D eigenvalue weighted by atomic mass is 32.2. The van der Waals surface area contributed by atoms with Gasteiger partial charge in [0.15, 0.2) is 0 Å². The number of nitrogens with zero attached hydrogens (tertiary/aromatic N) is 2. The molecule has 1 rings (SSSR count). The molecule has 5 heteroatoms. The molecule has 0 fully saturated rings. The Kier molecular flexibility index (Phi) is 3.83. The van der Waals surface area contributed by atoms with Crippen molar-refractivity contribution in [3.8, 4) is 0 Å². The van der Waals surface area contributed by atoms with Gasteiger partial charge in [-0.3, -0.25) is 4.68 Å². The van der Waals surface area contributed by atoms with Crippen molar-refractivity contribution in [2.45, 2.75) is 31.8 Å². The lowest BCUT2D eigenvalue weighted by atomic mass is 10.4. The minimum absolute atomic E-state index is 0.159. The van der Waals surface area contributed by atoms with Gasteiger partial charge in [0, 0.05) is 11.8 Å². The fourth-order valence-electron chi connectivity index (χ4n) is 1.18. The van der Waals surface area contributed by atoms with Crippen LogP contribution in [0.15, 0.2) is 5.03 Å². The van der Waals surface area contributed by atoms with E-state index in [-0.39, 0.29) is 6.61 Å². The first-order valence-electron chi connectivity index (χ1n) is 4.66. The van der Waals surface area contributed by atoms with Gasteiger partial charge in [0.25, 0.3) is 0 Å². The molecule has 3 N–H and O–H groups in total. The molecular formula is C9H17N3OS. The predicted molar refractivity (Wildman–Crippen MR) is 59.6 cm³/mol. The van der Waals surface area contributed by atoms with E-state index in [2.05, 4.69) is 18.9 Å². The number of aromatic nitrogens is 2. The maximum Gasteiger partial charge on any atom is 0.118 e. The second-order valence-electron chi connectivity index (χ2n) is 3.41. The number of rotatable bonds is 4. The molecule has 0 bridgehead atoms.